The molecule has 0 spiro atoms. The monoisotopic (exact) mass is 354 g/mol. The molecular weight excluding hydrogens is 340 g/mol. The number of sulfone groups is 1. The summed E-state index contributed by atoms with van der Waals surface area (Å²) >= 11 is 5.89. The van der Waals surface area contributed by atoms with E-state index in [-0.39, 0.29) is 16.5 Å². The van der Waals surface area contributed by atoms with Crippen molar-refractivity contribution in [3.63, 3.8) is 0 Å². The van der Waals surface area contributed by atoms with Gasteiger partial charge in [-0.05, 0) is 37.1 Å². The largest absolute Gasteiger partial charge is 0.422 e. The van der Waals surface area contributed by atoms with Crippen LogP contribution in [-0.4, -0.2) is 30.1 Å². The Morgan fingerprint density at radius 2 is 1.83 bits per heavy atom. The molecule has 1 heterocycles. The van der Waals surface area contributed by atoms with Crippen LogP contribution in [0.4, 0.5) is 0 Å². The van der Waals surface area contributed by atoms with E-state index >= 15 is 0 Å². The first kappa shape index (κ1) is 17.4. The number of ether oxygens (including phenoxy) is 1. The van der Waals surface area contributed by atoms with Crippen LogP contribution in [0.5, 0.6) is 5.75 Å². The number of aryl methyl sites for hydroxylation is 2. The molecule has 0 saturated carbocycles. The number of carbonyl (C=O) groups is 1. The Bertz CT molecular complexity index is 846. The van der Waals surface area contributed by atoms with Crippen molar-refractivity contribution in [3.05, 3.63) is 46.2 Å². The molecule has 0 unspecified atom stereocenters. The van der Waals surface area contributed by atoms with Gasteiger partial charge in [0.05, 0.1) is 17.0 Å². The van der Waals surface area contributed by atoms with E-state index in [1.54, 1.807) is 12.1 Å². The third kappa shape index (κ3) is 4.05. The maximum atomic E-state index is 12.2. The number of halogens is 1. The van der Waals surface area contributed by atoms with E-state index in [1.807, 2.05) is 19.9 Å². The van der Waals surface area contributed by atoms with Crippen molar-refractivity contribution >= 4 is 27.4 Å². The van der Waals surface area contributed by atoms with E-state index in [2.05, 4.69) is 9.97 Å². The fourth-order valence-electron chi connectivity index (χ4n) is 1.92. The highest BCUT2D eigenvalue weighted by atomic mass is 35.5. The Morgan fingerprint density at radius 1 is 1.22 bits per heavy atom. The van der Waals surface area contributed by atoms with Gasteiger partial charge in [0.1, 0.15) is 5.75 Å². The number of hydrogen-bond acceptors (Lipinski definition) is 6. The lowest BCUT2D eigenvalue weighted by Crippen LogP contribution is -2.16. The number of hydrogen-bond donors (Lipinski definition) is 0. The number of carbonyl (C=O) groups excluding carboxylic acids is 1. The van der Waals surface area contributed by atoms with E-state index in [0.717, 1.165) is 17.3 Å². The second-order valence-corrected chi connectivity index (χ2v) is 7.54. The number of nitrogens with zero attached hydrogens (tertiary/aromatic N) is 2. The Morgan fingerprint density at radius 3 is 2.39 bits per heavy atom. The van der Waals surface area contributed by atoms with Crippen molar-refractivity contribution in [3.8, 4) is 5.75 Å². The average Bonchev–Trinajstić information content (AvgIpc) is 2.46. The van der Waals surface area contributed by atoms with E-state index in [1.165, 1.54) is 6.92 Å². The van der Waals surface area contributed by atoms with Crippen molar-refractivity contribution < 1.29 is 17.9 Å². The summed E-state index contributed by atoms with van der Waals surface area (Å²) in [5.74, 6) is -0.683. The van der Waals surface area contributed by atoms with Gasteiger partial charge in [-0.1, -0.05) is 24.6 Å². The van der Waals surface area contributed by atoms with Crippen molar-refractivity contribution in [2.45, 2.75) is 25.9 Å². The Kier molecular flexibility index (Phi) is 5.01. The van der Waals surface area contributed by atoms with Crippen LogP contribution in [-0.2, 0) is 9.84 Å². The van der Waals surface area contributed by atoms with Gasteiger partial charge < -0.3 is 4.74 Å². The molecule has 0 fully saturated rings. The minimum atomic E-state index is -3.65. The molecular formula is C15H15ClN2O4S. The van der Waals surface area contributed by atoms with Crippen molar-refractivity contribution in [2.75, 3.05) is 5.75 Å². The summed E-state index contributed by atoms with van der Waals surface area (Å²) in [6.45, 7) is 5.20. The van der Waals surface area contributed by atoms with Gasteiger partial charge in [0.25, 0.3) is 0 Å². The summed E-state index contributed by atoms with van der Waals surface area (Å²) in [6.07, 6.45) is 1.08. The van der Waals surface area contributed by atoms with Crippen LogP contribution in [0.2, 0.25) is 5.02 Å². The van der Waals surface area contributed by atoms with Crippen LogP contribution in [0.3, 0.4) is 0 Å². The van der Waals surface area contributed by atoms with Crippen LogP contribution in [0.15, 0.2) is 29.6 Å². The molecule has 6 nitrogen and oxygen atoms in total. The second-order valence-electron chi connectivity index (χ2n) is 4.97. The quantitative estimate of drug-likeness (QED) is 0.476. The fourth-order valence-corrected chi connectivity index (χ4v) is 2.79. The summed E-state index contributed by atoms with van der Waals surface area (Å²) in [5.41, 5.74) is 1.57. The topological polar surface area (TPSA) is 86.2 Å². The highest BCUT2D eigenvalue weighted by molar-refractivity contribution is 7.91. The average molecular weight is 355 g/mol. The summed E-state index contributed by atoms with van der Waals surface area (Å²) in [4.78, 5) is 19.6. The standard InChI is InChI=1S/C15H15ClN2O4S/c1-4-23(20,21)15-17-8-12(16)13(18-15)14(19)22-11-6-9(2)5-10(3)7-11/h5-8H,4H2,1-3H3. The van der Waals surface area contributed by atoms with Gasteiger partial charge in [-0.2, -0.15) is 0 Å². The Hall–Kier alpha value is -1.99. The fraction of sp³-hybridized carbons (Fsp3) is 0.267. The summed E-state index contributed by atoms with van der Waals surface area (Å²) < 4.78 is 28.9. The lowest BCUT2D eigenvalue weighted by Gasteiger charge is -2.08. The van der Waals surface area contributed by atoms with Crippen LogP contribution >= 0.6 is 11.6 Å². The van der Waals surface area contributed by atoms with Gasteiger partial charge in [0.2, 0.25) is 15.0 Å². The van der Waals surface area contributed by atoms with Crippen LogP contribution in [0, 0.1) is 13.8 Å². The normalized spacial score (nSPS) is 11.3. The minimum Gasteiger partial charge on any atom is -0.422 e. The minimum absolute atomic E-state index is 0.0746. The van der Waals surface area contributed by atoms with Crippen LogP contribution < -0.4 is 4.74 Å². The zero-order chi connectivity index (χ0) is 17.2. The predicted molar refractivity (Wildman–Crippen MR) is 85.6 cm³/mol. The zero-order valence-corrected chi connectivity index (χ0v) is 14.4. The summed E-state index contributed by atoms with van der Waals surface area (Å²) in [6, 6.07) is 5.30. The molecule has 1 aromatic heterocycles. The highest BCUT2D eigenvalue weighted by Crippen LogP contribution is 2.20. The van der Waals surface area contributed by atoms with Crippen molar-refractivity contribution in [1.29, 1.82) is 0 Å². The van der Waals surface area contributed by atoms with Gasteiger partial charge in [-0.25, -0.2) is 23.2 Å². The molecule has 2 rings (SSSR count). The second kappa shape index (κ2) is 6.64. The van der Waals surface area contributed by atoms with E-state index in [0.29, 0.717) is 5.75 Å². The lowest BCUT2D eigenvalue weighted by atomic mass is 10.1. The molecule has 0 atom stereocenters. The first-order chi connectivity index (χ1) is 10.7. The smallest absolute Gasteiger partial charge is 0.364 e. The van der Waals surface area contributed by atoms with Crippen LogP contribution in [0.1, 0.15) is 28.5 Å². The van der Waals surface area contributed by atoms with Gasteiger partial charge in [0.15, 0.2) is 5.69 Å². The van der Waals surface area contributed by atoms with Crippen LogP contribution in [0.25, 0.3) is 0 Å². The van der Waals surface area contributed by atoms with Crippen molar-refractivity contribution in [1.82, 2.24) is 9.97 Å². The Balaban J connectivity index is 2.37. The number of rotatable bonds is 4. The summed E-state index contributed by atoms with van der Waals surface area (Å²) in [5, 5.41) is -0.522. The molecule has 2 aromatic rings. The molecule has 8 heteroatoms. The predicted octanol–water partition coefficient (Wildman–Crippen LogP) is 2.76. The number of benzene rings is 1. The number of aromatic nitrogens is 2. The highest BCUT2D eigenvalue weighted by Gasteiger charge is 2.22. The first-order valence-corrected chi connectivity index (χ1v) is 8.81. The van der Waals surface area contributed by atoms with Gasteiger partial charge in [-0.15, -0.1) is 0 Å². The maximum Gasteiger partial charge on any atom is 0.364 e. The van der Waals surface area contributed by atoms with E-state index in [9.17, 15) is 13.2 Å². The number of esters is 1. The molecule has 0 radical (unpaired) electrons. The molecule has 0 saturated heterocycles. The van der Waals surface area contributed by atoms with E-state index < -0.39 is 21.0 Å². The van der Waals surface area contributed by atoms with Gasteiger partial charge in [-0.3, -0.25) is 0 Å². The first-order valence-electron chi connectivity index (χ1n) is 6.78. The van der Waals surface area contributed by atoms with E-state index in [4.69, 9.17) is 16.3 Å². The molecule has 0 aliphatic rings. The van der Waals surface area contributed by atoms with Crippen molar-refractivity contribution in [2.24, 2.45) is 0 Å². The molecule has 1 aromatic carbocycles. The molecule has 0 bridgehead atoms. The summed E-state index contributed by atoms with van der Waals surface area (Å²) in [7, 11) is -3.65. The molecule has 122 valence electrons. The molecule has 0 N–H and O–H groups in total. The molecule has 0 aliphatic carbocycles. The van der Waals surface area contributed by atoms with Gasteiger partial charge in [0, 0.05) is 0 Å². The molecule has 0 aliphatic heterocycles. The zero-order valence-electron chi connectivity index (χ0n) is 12.8. The third-order valence-electron chi connectivity index (χ3n) is 2.98. The molecule has 23 heavy (non-hydrogen) atoms. The molecule has 0 amide bonds. The lowest BCUT2D eigenvalue weighted by molar-refractivity contribution is 0.0727. The Labute approximate surface area is 139 Å². The van der Waals surface area contributed by atoms with Gasteiger partial charge >= 0.3 is 5.97 Å². The SMILES string of the molecule is CCS(=O)(=O)c1ncc(Cl)c(C(=O)Oc2cc(C)cc(C)c2)n1. The third-order valence-corrected chi connectivity index (χ3v) is 4.77. The maximum absolute atomic E-state index is 12.2.